The van der Waals surface area contributed by atoms with Gasteiger partial charge >= 0.3 is 0 Å². The molecule has 0 aromatic carbocycles. The van der Waals surface area contributed by atoms with Crippen LogP contribution in [0.15, 0.2) is 12.4 Å². The van der Waals surface area contributed by atoms with Crippen LogP contribution in [-0.2, 0) is 6.54 Å². The van der Waals surface area contributed by atoms with E-state index in [1.165, 1.54) is 5.56 Å². The molecule has 4 nitrogen and oxygen atoms in total. The molecule has 1 atom stereocenters. The summed E-state index contributed by atoms with van der Waals surface area (Å²) in [6.45, 7) is 6.94. The van der Waals surface area contributed by atoms with E-state index in [1.54, 1.807) is 0 Å². The molecule has 0 aliphatic carbocycles. The summed E-state index contributed by atoms with van der Waals surface area (Å²) < 4.78 is 1.97. The molecule has 1 aromatic heterocycles. The van der Waals surface area contributed by atoms with Gasteiger partial charge in [-0.3, -0.25) is 9.58 Å². The van der Waals surface area contributed by atoms with Crippen LogP contribution in [-0.4, -0.2) is 39.0 Å². The van der Waals surface area contributed by atoms with E-state index in [1.807, 2.05) is 10.9 Å². The van der Waals surface area contributed by atoms with Crippen molar-refractivity contribution in [3.63, 3.8) is 0 Å². The first-order valence-electron chi connectivity index (χ1n) is 5.58. The number of likely N-dealkylation sites (tertiary alicyclic amines) is 1. The van der Waals surface area contributed by atoms with E-state index in [0.717, 1.165) is 26.1 Å². The molecule has 2 heterocycles. The van der Waals surface area contributed by atoms with E-state index in [-0.39, 0.29) is 6.10 Å². The van der Waals surface area contributed by atoms with Gasteiger partial charge in [-0.2, -0.15) is 5.10 Å². The lowest BCUT2D eigenvalue weighted by molar-refractivity contribution is 0.175. The van der Waals surface area contributed by atoms with Crippen LogP contribution in [0.5, 0.6) is 0 Å². The average Bonchev–Trinajstić information content (AvgIpc) is 2.76. The van der Waals surface area contributed by atoms with Crippen LogP contribution in [0.2, 0.25) is 0 Å². The van der Waals surface area contributed by atoms with Crippen molar-refractivity contribution in [3.05, 3.63) is 18.0 Å². The van der Waals surface area contributed by atoms with Crippen LogP contribution < -0.4 is 0 Å². The van der Waals surface area contributed by atoms with Gasteiger partial charge in [-0.05, 0) is 20.3 Å². The molecular formula is C11H19N3O. The summed E-state index contributed by atoms with van der Waals surface area (Å²) in [6, 6.07) is 0.419. The Kier molecular flexibility index (Phi) is 3.07. The molecule has 1 aliphatic rings. The summed E-state index contributed by atoms with van der Waals surface area (Å²) in [5.41, 5.74) is 1.23. The summed E-state index contributed by atoms with van der Waals surface area (Å²) in [6.07, 6.45) is 4.78. The molecule has 1 aromatic rings. The number of β-amino-alcohol motifs (C(OH)–C–C–N with tert-alkyl or cyclic N) is 1. The summed E-state index contributed by atoms with van der Waals surface area (Å²) in [7, 11) is 0. The monoisotopic (exact) mass is 209 g/mol. The van der Waals surface area contributed by atoms with Gasteiger partial charge in [0.2, 0.25) is 0 Å². The highest BCUT2D eigenvalue weighted by Gasteiger charge is 2.20. The molecule has 2 rings (SSSR count). The molecule has 0 unspecified atom stereocenters. The first kappa shape index (κ1) is 10.6. The van der Waals surface area contributed by atoms with E-state index in [2.05, 4.69) is 30.0 Å². The standard InChI is InChI=1S/C11H19N3O/c1-9(2)14-7-10(5-12-14)6-13-4-3-11(15)8-13/h5,7,9,11,15H,3-4,6,8H2,1-2H3/t11-/m0/s1. The first-order valence-corrected chi connectivity index (χ1v) is 5.58. The van der Waals surface area contributed by atoms with Crippen molar-refractivity contribution in [2.24, 2.45) is 0 Å². The van der Waals surface area contributed by atoms with Crippen molar-refractivity contribution in [1.82, 2.24) is 14.7 Å². The van der Waals surface area contributed by atoms with Crippen LogP contribution in [0.4, 0.5) is 0 Å². The van der Waals surface area contributed by atoms with Crippen molar-refractivity contribution in [1.29, 1.82) is 0 Å². The Morgan fingerprint density at radius 1 is 1.60 bits per heavy atom. The third-order valence-electron chi connectivity index (χ3n) is 2.84. The second kappa shape index (κ2) is 4.33. The van der Waals surface area contributed by atoms with Crippen molar-refractivity contribution in [2.45, 2.75) is 39.0 Å². The topological polar surface area (TPSA) is 41.3 Å². The summed E-state index contributed by atoms with van der Waals surface area (Å²) in [4.78, 5) is 2.27. The quantitative estimate of drug-likeness (QED) is 0.808. The second-order valence-electron chi connectivity index (χ2n) is 4.60. The van der Waals surface area contributed by atoms with Gasteiger partial charge in [0.1, 0.15) is 0 Å². The lowest BCUT2D eigenvalue weighted by atomic mass is 10.3. The van der Waals surface area contributed by atoms with Crippen molar-refractivity contribution in [2.75, 3.05) is 13.1 Å². The Morgan fingerprint density at radius 2 is 2.40 bits per heavy atom. The molecule has 84 valence electrons. The molecular weight excluding hydrogens is 190 g/mol. The smallest absolute Gasteiger partial charge is 0.0679 e. The Hall–Kier alpha value is -0.870. The number of hydrogen-bond donors (Lipinski definition) is 1. The molecule has 0 bridgehead atoms. The maximum Gasteiger partial charge on any atom is 0.0679 e. The van der Waals surface area contributed by atoms with E-state index >= 15 is 0 Å². The molecule has 0 saturated carbocycles. The number of aliphatic hydroxyl groups is 1. The van der Waals surface area contributed by atoms with E-state index in [4.69, 9.17) is 0 Å². The highest BCUT2D eigenvalue weighted by molar-refractivity contribution is 5.04. The lowest BCUT2D eigenvalue weighted by Gasteiger charge is -2.12. The van der Waals surface area contributed by atoms with Crippen LogP contribution in [0.25, 0.3) is 0 Å². The number of aliphatic hydroxyl groups excluding tert-OH is 1. The average molecular weight is 209 g/mol. The maximum atomic E-state index is 9.41. The van der Waals surface area contributed by atoms with Crippen molar-refractivity contribution >= 4 is 0 Å². The van der Waals surface area contributed by atoms with E-state index in [0.29, 0.717) is 6.04 Å². The highest BCUT2D eigenvalue weighted by atomic mass is 16.3. The maximum absolute atomic E-state index is 9.41. The normalized spacial score (nSPS) is 22.8. The zero-order valence-electron chi connectivity index (χ0n) is 9.43. The van der Waals surface area contributed by atoms with Gasteiger partial charge in [0, 0.05) is 37.4 Å². The van der Waals surface area contributed by atoms with Crippen LogP contribution >= 0.6 is 0 Å². The zero-order valence-corrected chi connectivity index (χ0v) is 9.43. The molecule has 0 radical (unpaired) electrons. The summed E-state index contributed by atoms with van der Waals surface area (Å²) in [5, 5.41) is 13.7. The SMILES string of the molecule is CC(C)n1cc(CN2CC[C@H](O)C2)cn1. The fourth-order valence-corrected chi connectivity index (χ4v) is 1.96. The van der Waals surface area contributed by atoms with E-state index in [9.17, 15) is 5.11 Å². The minimum absolute atomic E-state index is 0.134. The van der Waals surface area contributed by atoms with Crippen molar-refractivity contribution < 1.29 is 5.11 Å². The van der Waals surface area contributed by atoms with Gasteiger partial charge in [0.25, 0.3) is 0 Å². The predicted octanol–water partition coefficient (Wildman–Crippen LogP) is 1.03. The third kappa shape index (κ3) is 2.58. The molecule has 1 N–H and O–H groups in total. The van der Waals surface area contributed by atoms with Crippen LogP contribution in [0, 0.1) is 0 Å². The third-order valence-corrected chi connectivity index (χ3v) is 2.84. The molecule has 1 fully saturated rings. The molecule has 0 amide bonds. The van der Waals surface area contributed by atoms with Gasteiger partial charge in [0.15, 0.2) is 0 Å². The number of hydrogen-bond acceptors (Lipinski definition) is 3. The minimum atomic E-state index is -0.134. The Labute approximate surface area is 90.5 Å². The summed E-state index contributed by atoms with van der Waals surface area (Å²) in [5.74, 6) is 0. The lowest BCUT2D eigenvalue weighted by Crippen LogP contribution is -2.21. The molecule has 4 heteroatoms. The Balaban J connectivity index is 1.93. The fourth-order valence-electron chi connectivity index (χ4n) is 1.96. The highest BCUT2D eigenvalue weighted by Crippen LogP contribution is 2.13. The molecule has 0 spiro atoms. The number of aromatic nitrogens is 2. The summed E-state index contributed by atoms with van der Waals surface area (Å²) >= 11 is 0. The van der Waals surface area contributed by atoms with Gasteiger partial charge in [-0.25, -0.2) is 0 Å². The Morgan fingerprint density at radius 3 is 2.93 bits per heavy atom. The van der Waals surface area contributed by atoms with Gasteiger partial charge in [0.05, 0.1) is 12.3 Å². The van der Waals surface area contributed by atoms with Crippen LogP contribution in [0.3, 0.4) is 0 Å². The second-order valence-corrected chi connectivity index (χ2v) is 4.60. The van der Waals surface area contributed by atoms with Gasteiger partial charge in [-0.1, -0.05) is 0 Å². The number of rotatable bonds is 3. The van der Waals surface area contributed by atoms with Gasteiger partial charge in [-0.15, -0.1) is 0 Å². The predicted molar refractivity (Wildman–Crippen MR) is 58.5 cm³/mol. The largest absolute Gasteiger partial charge is 0.392 e. The Bertz CT molecular complexity index is 321. The molecule has 1 aliphatic heterocycles. The molecule has 15 heavy (non-hydrogen) atoms. The first-order chi connectivity index (χ1) is 7.15. The minimum Gasteiger partial charge on any atom is -0.392 e. The number of nitrogens with zero attached hydrogens (tertiary/aromatic N) is 3. The molecule has 1 saturated heterocycles. The van der Waals surface area contributed by atoms with Crippen LogP contribution in [0.1, 0.15) is 31.9 Å². The van der Waals surface area contributed by atoms with Crippen molar-refractivity contribution in [3.8, 4) is 0 Å². The van der Waals surface area contributed by atoms with E-state index < -0.39 is 0 Å². The van der Waals surface area contributed by atoms with Gasteiger partial charge < -0.3 is 5.11 Å². The zero-order chi connectivity index (χ0) is 10.8. The fraction of sp³-hybridized carbons (Fsp3) is 0.727.